The van der Waals surface area contributed by atoms with Gasteiger partial charge in [-0.3, -0.25) is 4.79 Å². The van der Waals surface area contributed by atoms with E-state index in [9.17, 15) is 9.59 Å². The van der Waals surface area contributed by atoms with Gasteiger partial charge in [-0.1, -0.05) is 13.8 Å². The third-order valence-electron chi connectivity index (χ3n) is 3.25. The molecule has 0 aliphatic heterocycles. The van der Waals surface area contributed by atoms with Crippen LogP contribution in [0.4, 0.5) is 0 Å². The number of ether oxygens (including phenoxy) is 3. The number of amides is 1. The molecule has 0 spiro atoms. The minimum atomic E-state index is -0.734. The van der Waals surface area contributed by atoms with Crippen molar-refractivity contribution in [3.63, 3.8) is 0 Å². The molecule has 0 heterocycles. The van der Waals surface area contributed by atoms with Gasteiger partial charge in [-0.15, -0.1) is 0 Å². The minimum Gasteiger partial charge on any atom is -0.497 e. The first-order valence-corrected chi connectivity index (χ1v) is 7.56. The Hall–Kier alpha value is -2.24. The Kier molecular flexibility index (Phi) is 7.38. The van der Waals surface area contributed by atoms with Crippen molar-refractivity contribution in [2.75, 3.05) is 14.2 Å². The molecular weight excluding hydrogens is 298 g/mol. The van der Waals surface area contributed by atoms with Gasteiger partial charge >= 0.3 is 5.97 Å². The molecule has 0 unspecified atom stereocenters. The molecule has 0 radical (unpaired) electrons. The second-order valence-corrected chi connectivity index (χ2v) is 5.65. The summed E-state index contributed by atoms with van der Waals surface area (Å²) in [5, 5.41) is 2.68. The molecule has 0 fully saturated rings. The summed E-state index contributed by atoms with van der Waals surface area (Å²) >= 11 is 0. The Morgan fingerprint density at radius 3 is 2.09 bits per heavy atom. The molecule has 1 rings (SSSR count). The topological polar surface area (TPSA) is 73.9 Å². The van der Waals surface area contributed by atoms with E-state index in [2.05, 4.69) is 5.32 Å². The number of nitrogens with one attached hydrogen (secondary N) is 1. The zero-order chi connectivity index (χ0) is 17.4. The van der Waals surface area contributed by atoms with E-state index >= 15 is 0 Å². The zero-order valence-electron chi connectivity index (χ0n) is 14.3. The van der Waals surface area contributed by atoms with Crippen molar-refractivity contribution >= 4 is 11.9 Å². The van der Waals surface area contributed by atoms with E-state index in [1.807, 2.05) is 13.8 Å². The van der Waals surface area contributed by atoms with Crippen molar-refractivity contribution in [1.82, 2.24) is 5.32 Å². The normalized spacial score (nSPS) is 13.1. The monoisotopic (exact) mass is 323 g/mol. The molecule has 6 heteroatoms. The second-order valence-electron chi connectivity index (χ2n) is 5.65. The van der Waals surface area contributed by atoms with Crippen LogP contribution >= 0.6 is 0 Å². The fourth-order valence-electron chi connectivity index (χ4n) is 2.03. The molecule has 1 aromatic carbocycles. The molecule has 1 amide bonds. The SMILES string of the molecule is COC(=O)[C@@H](CC(C)C)NC(=O)[C@@H](C)Oc1ccc(OC)cc1. The zero-order valence-corrected chi connectivity index (χ0v) is 14.3. The van der Waals surface area contributed by atoms with Gasteiger partial charge in [-0.25, -0.2) is 4.79 Å². The summed E-state index contributed by atoms with van der Waals surface area (Å²) in [6.45, 7) is 5.57. The fraction of sp³-hybridized carbons (Fsp3) is 0.529. The maximum absolute atomic E-state index is 12.2. The van der Waals surface area contributed by atoms with Gasteiger partial charge in [0.25, 0.3) is 5.91 Å². The Bertz CT molecular complexity index is 512. The number of carbonyl (C=O) groups excluding carboxylic acids is 2. The molecule has 0 bridgehead atoms. The van der Waals surface area contributed by atoms with E-state index in [-0.39, 0.29) is 11.8 Å². The van der Waals surface area contributed by atoms with Crippen molar-refractivity contribution in [2.24, 2.45) is 5.92 Å². The molecule has 1 aromatic rings. The van der Waals surface area contributed by atoms with Crippen LogP contribution in [-0.2, 0) is 14.3 Å². The van der Waals surface area contributed by atoms with E-state index in [1.165, 1.54) is 7.11 Å². The third-order valence-corrected chi connectivity index (χ3v) is 3.25. The van der Waals surface area contributed by atoms with Gasteiger partial charge < -0.3 is 19.5 Å². The number of esters is 1. The molecule has 1 N–H and O–H groups in total. The number of rotatable bonds is 8. The minimum absolute atomic E-state index is 0.247. The summed E-state index contributed by atoms with van der Waals surface area (Å²) < 4.78 is 15.4. The lowest BCUT2D eigenvalue weighted by Crippen LogP contribution is -2.47. The standard InChI is InChI=1S/C17H25NO5/c1-11(2)10-15(17(20)22-5)18-16(19)12(3)23-14-8-6-13(21-4)7-9-14/h6-9,11-12,15H,10H2,1-5H3,(H,18,19)/t12-,15-/m1/s1. The largest absolute Gasteiger partial charge is 0.497 e. The second kappa shape index (κ2) is 9.02. The highest BCUT2D eigenvalue weighted by Crippen LogP contribution is 2.18. The summed E-state index contributed by atoms with van der Waals surface area (Å²) in [5.74, 6) is 0.682. The average Bonchev–Trinajstić information content (AvgIpc) is 2.53. The van der Waals surface area contributed by atoms with E-state index in [0.29, 0.717) is 17.9 Å². The smallest absolute Gasteiger partial charge is 0.328 e. The lowest BCUT2D eigenvalue weighted by atomic mass is 10.0. The van der Waals surface area contributed by atoms with Crippen LogP contribution in [-0.4, -0.2) is 38.2 Å². The fourth-order valence-corrected chi connectivity index (χ4v) is 2.03. The summed E-state index contributed by atoms with van der Waals surface area (Å²) in [4.78, 5) is 24.0. The average molecular weight is 323 g/mol. The Labute approximate surface area is 137 Å². The maximum Gasteiger partial charge on any atom is 0.328 e. The van der Waals surface area contributed by atoms with Crippen molar-refractivity contribution < 1.29 is 23.8 Å². The van der Waals surface area contributed by atoms with E-state index in [4.69, 9.17) is 14.2 Å². The molecular formula is C17H25NO5. The van der Waals surface area contributed by atoms with E-state index in [0.717, 1.165) is 0 Å². The van der Waals surface area contributed by atoms with Crippen LogP contribution < -0.4 is 14.8 Å². The van der Waals surface area contributed by atoms with Gasteiger partial charge in [0.05, 0.1) is 14.2 Å². The highest BCUT2D eigenvalue weighted by atomic mass is 16.5. The number of benzene rings is 1. The van der Waals surface area contributed by atoms with Gasteiger partial charge in [-0.2, -0.15) is 0 Å². The molecule has 0 aromatic heterocycles. The van der Waals surface area contributed by atoms with Crippen molar-refractivity contribution in [3.8, 4) is 11.5 Å². The highest BCUT2D eigenvalue weighted by molar-refractivity contribution is 5.86. The summed E-state index contributed by atoms with van der Waals surface area (Å²) in [6, 6.07) is 6.25. The van der Waals surface area contributed by atoms with E-state index < -0.39 is 18.1 Å². The number of hydrogen-bond acceptors (Lipinski definition) is 5. The first-order valence-electron chi connectivity index (χ1n) is 7.56. The molecule has 23 heavy (non-hydrogen) atoms. The molecule has 0 aliphatic carbocycles. The van der Waals surface area contributed by atoms with Gasteiger partial charge in [0, 0.05) is 0 Å². The number of hydrogen-bond donors (Lipinski definition) is 1. The molecule has 6 nitrogen and oxygen atoms in total. The molecule has 0 saturated heterocycles. The van der Waals surface area contributed by atoms with Crippen LogP contribution in [0.2, 0.25) is 0 Å². The molecule has 2 atom stereocenters. The van der Waals surface area contributed by atoms with E-state index in [1.54, 1.807) is 38.3 Å². The van der Waals surface area contributed by atoms with Crippen LogP contribution in [0.25, 0.3) is 0 Å². The molecule has 0 aliphatic rings. The van der Waals surface area contributed by atoms with Gasteiger partial charge in [0.2, 0.25) is 0 Å². The lowest BCUT2D eigenvalue weighted by molar-refractivity contribution is -0.146. The third kappa shape index (κ3) is 6.18. The first kappa shape index (κ1) is 18.8. The number of carbonyl (C=O) groups is 2. The summed E-state index contributed by atoms with van der Waals surface area (Å²) in [6.07, 6.45) is -0.226. The van der Waals surface area contributed by atoms with Gasteiger partial charge in [0.1, 0.15) is 17.5 Å². The Morgan fingerprint density at radius 2 is 1.61 bits per heavy atom. The lowest BCUT2D eigenvalue weighted by Gasteiger charge is -2.21. The van der Waals surface area contributed by atoms with Crippen molar-refractivity contribution in [2.45, 2.75) is 39.3 Å². The molecule has 0 saturated carbocycles. The van der Waals surface area contributed by atoms with Crippen LogP contribution in [0.3, 0.4) is 0 Å². The van der Waals surface area contributed by atoms with Crippen molar-refractivity contribution in [1.29, 1.82) is 0 Å². The predicted molar refractivity (Wildman–Crippen MR) is 86.5 cm³/mol. The number of methoxy groups -OCH3 is 2. The summed E-state index contributed by atoms with van der Waals surface area (Å²) in [5.41, 5.74) is 0. The van der Waals surface area contributed by atoms with Gasteiger partial charge in [0.15, 0.2) is 6.10 Å². The van der Waals surface area contributed by atoms with Crippen molar-refractivity contribution in [3.05, 3.63) is 24.3 Å². The van der Waals surface area contributed by atoms with Crippen LogP contribution in [0.1, 0.15) is 27.2 Å². The maximum atomic E-state index is 12.2. The quantitative estimate of drug-likeness (QED) is 0.742. The molecule has 128 valence electrons. The Morgan fingerprint density at radius 1 is 1.04 bits per heavy atom. The van der Waals surface area contributed by atoms with Crippen LogP contribution in [0.5, 0.6) is 11.5 Å². The van der Waals surface area contributed by atoms with Crippen LogP contribution in [0.15, 0.2) is 24.3 Å². The Balaban J connectivity index is 2.64. The first-order chi connectivity index (χ1) is 10.9. The predicted octanol–water partition coefficient (Wildman–Crippen LogP) is 2.17. The summed E-state index contributed by atoms with van der Waals surface area (Å²) in [7, 11) is 2.88. The highest BCUT2D eigenvalue weighted by Gasteiger charge is 2.25. The van der Waals surface area contributed by atoms with Crippen LogP contribution in [0, 0.1) is 5.92 Å². The van der Waals surface area contributed by atoms with Gasteiger partial charge in [-0.05, 0) is 43.5 Å².